The Morgan fingerprint density at radius 1 is 1.26 bits per heavy atom. The normalized spacial score (nSPS) is 12.3. The molecule has 1 atom stereocenters. The van der Waals surface area contributed by atoms with Crippen molar-refractivity contribution in [2.75, 3.05) is 17.7 Å². The second-order valence-electron chi connectivity index (χ2n) is 4.07. The van der Waals surface area contributed by atoms with Crippen LogP contribution in [0.15, 0.2) is 12.3 Å². The van der Waals surface area contributed by atoms with Crippen LogP contribution in [0.4, 0.5) is 11.6 Å². The maximum absolute atomic E-state index is 6.14. The van der Waals surface area contributed by atoms with Crippen molar-refractivity contribution < 1.29 is 0 Å². The molecule has 2 aromatic rings. The highest BCUT2D eigenvalue weighted by molar-refractivity contribution is 7.11. The molecule has 7 heteroatoms. The first-order valence-corrected chi connectivity index (χ1v) is 7.31. The lowest BCUT2D eigenvalue weighted by Gasteiger charge is -2.14. The number of pyridine rings is 1. The Hall–Kier alpha value is -1.04. The number of aryl methyl sites for hydroxylation is 1. The summed E-state index contributed by atoms with van der Waals surface area (Å²) >= 11 is 13.8. The van der Waals surface area contributed by atoms with E-state index in [1.807, 2.05) is 20.0 Å². The molecule has 2 heterocycles. The van der Waals surface area contributed by atoms with Crippen molar-refractivity contribution in [2.45, 2.75) is 19.9 Å². The summed E-state index contributed by atoms with van der Waals surface area (Å²) in [7, 11) is 1.76. The van der Waals surface area contributed by atoms with Crippen molar-refractivity contribution in [1.82, 2.24) is 9.97 Å². The zero-order valence-electron chi connectivity index (χ0n) is 10.8. The quantitative estimate of drug-likeness (QED) is 0.879. The zero-order valence-corrected chi connectivity index (χ0v) is 13.1. The first kappa shape index (κ1) is 14.4. The summed E-state index contributed by atoms with van der Waals surface area (Å²) in [5.41, 5.74) is 0. The van der Waals surface area contributed by atoms with Gasteiger partial charge in [0, 0.05) is 18.1 Å². The van der Waals surface area contributed by atoms with Crippen LogP contribution in [0.25, 0.3) is 0 Å². The molecule has 2 N–H and O–H groups in total. The molecule has 2 aromatic heterocycles. The van der Waals surface area contributed by atoms with Gasteiger partial charge < -0.3 is 10.6 Å². The van der Waals surface area contributed by atoms with E-state index >= 15 is 0 Å². The molecule has 1 unspecified atom stereocenters. The summed E-state index contributed by atoms with van der Waals surface area (Å²) in [6.45, 7) is 4.05. The first-order chi connectivity index (χ1) is 9.01. The van der Waals surface area contributed by atoms with Crippen molar-refractivity contribution in [1.29, 1.82) is 0 Å². The van der Waals surface area contributed by atoms with Crippen molar-refractivity contribution >= 4 is 46.2 Å². The van der Waals surface area contributed by atoms with Gasteiger partial charge in [-0.2, -0.15) is 0 Å². The molecule has 2 rings (SSSR count). The fraction of sp³-hybridized carbons (Fsp3) is 0.333. The van der Waals surface area contributed by atoms with Crippen LogP contribution < -0.4 is 10.6 Å². The van der Waals surface area contributed by atoms with E-state index in [0.29, 0.717) is 21.7 Å². The second-order valence-corrected chi connectivity index (χ2v) is 6.16. The van der Waals surface area contributed by atoms with E-state index in [1.165, 1.54) is 4.88 Å². The average molecular weight is 317 g/mol. The number of thiazole rings is 1. The van der Waals surface area contributed by atoms with Crippen LogP contribution in [-0.2, 0) is 0 Å². The Labute approximate surface area is 126 Å². The van der Waals surface area contributed by atoms with Gasteiger partial charge in [-0.3, -0.25) is 0 Å². The fourth-order valence-corrected chi connectivity index (χ4v) is 2.87. The number of nitrogens with one attached hydrogen (secondary N) is 2. The lowest BCUT2D eigenvalue weighted by Crippen LogP contribution is -2.09. The summed E-state index contributed by atoms with van der Waals surface area (Å²) in [5, 5.41) is 8.16. The molecule has 0 aliphatic carbocycles. The summed E-state index contributed by atoms with van der Waals surface area (Å²) in [6.07, 6.45) is 1.86. The molecule has 0 saturated heterocycles. The molecule has 0 aliphatic heterocycles. The van der Waals surface area contributed by atoms with E-state index in [9.17, 15) is 0 Å². The minimum absolute atomic E-state index is 0.0366. The standard InChI is InChI=1S/C12H14Cl2N4S/c1-6-5-16-12(19-6)7(2)17-11-9(14)4-8(13)10(15-3)18-11/h4-5,7H,1-3H3,(H2,15,17,18). The van der Waals surface area contributed by atoms with Gasteiger partial charge in [0.25, 0.3) is 0 Å². The summed E-state index contributed by atoms with van der Waals surface area (Å²) in [6, 6.07) is 1.71. The largest absolute Gasteiger partial charge is 0.372 e. The third kappa shape index (κ3) is 3.29. The van der Waals surface area contributed by atoms with Crippen molar-refractivity contribution in [3.05, 3.63) is 32.2 Å². The number of hydrogen-bond donors (Lipinski definition) is 2. The van der Waals surface area contributed by atoms with E-state index in [-0.39, 0.29) is 6.04 Å². The molecule has 0 radical (unpaired) electrons. The minimum Gasteiger partial charge on any atom is -0.372 e. The second kappa shape index (κ2) is 5.94. The number of hydrogen-bond acceptors (Lipinski definition) is 5. The number of rotatable bonds is 4. The third-order valence-corrected chi connectivity index (χ3v) is 4.20. The van der Waals surface area contributed by atoms with Crippen molar-refractivity contribution in [2.24, 2.45) is 0 Å². The van der Waals surface area contributed by atoms with Crippen LogP contribution >= 0.6 is 34.5 Å². The Kier molecular flexibility index (Phi) is 4.50. The van der Waals surface area contributed by atoms with Crippen LogP contribution in [0.1, 0.15) is 22.9 Å². The molecule has 0 fully saturated rings. The van der Waals surface area contributed by atoms with Crippen molar-refractivity contribution in [3.63, 3.8) is 0 Å². The van der Waals surface area contributed by atoms with Crippen molar-refractivity contribution in [3.8, 4) is 0 Å². The molecule has 102 valence electrons. The molecule has 0 bridgehead atoms. The van der Waals surface area contributed by atoms with Gasteiger partial charge >= 0.3 is 0 Å². The van der Waals surface area contributed by atoms with E-state index in [4.69, 9.17) is 23.2 Å². The van der Waals surface area contributed by atoms with Gasteiger partial charge in [-0.05, 0) is 19.9 Å². The summed E-state index contributed by atoms with van der Waals surface area (Å²) in [4.78, 5) is 9.87. The zero-order chi connectivity index (χ0) is 14.0. The minimum atomic E-state index is 0.0366. The first-order valence-electron chi connectivity index (χ1n) is 5.74. The summed E-state index contributed by atoms with van der Waals surface area (Å²) < 4.78 is 0. The average Bonchev–Trinajstić information content (AvgIpc) is 2.79. The Bertz CT molecular complexity index is 585. The van der Waals surface area contributed by atoms with Gasteiger partial charge in [-0.15, -0.1) is 11.3 Å². The fourth-order valence-electron chi connectivity index (χ4n) is 1.58. The molecule has 0 saturated carbocycles. The van der Waals surface area contributed by atoms with Crippen LogP contribution in [-0.4, -0.2) is 17.0 Å². The van der Waals surface area contributed by atoms with Gasteiger partial charge in [0.1, 0.15) is 16.6 Å². The predicted octanol–water partition coefficient (Wildman–Crippen LogP) is 4.37. The number of aromatic nitrogens is 2. The third-order valence-electron chi connectivity index (χ3n) is 2.53. The number of halogens is 2. The van der Waals surface area contributed by atoms with Crippen LogP contribution in [0.3, 0.4) is 0 Å². The lowest BCUT2D eigenvalue weighted by atomic mass is 10.3. The summed E-state index contributed by atoms with van der Waals surface area (Å²) in [5.74, 6) is 1.19. The Balaban J connectivity index is 2.23. The van der Waals surface area contributed by atoms with Gasteiger partial charge in [0.15, 0.2) is 0 Å². The predicted molar refractivity (Wildman–Crippen MR) is 82.7 cm³/mol. The van der Waals surface area contributed by atoms with E-state index in [0.717, 1.165) is 5.01 Å². The molecule has 4 nitrogen and oxygen atoms in total. The molecule has 0 aromatic carbocycles. The topological polar surface area (TPSA) is 49.8 Å². The van der Waals surface area contributed by atoms with Gasteiger partial charge in [-0.1, -0.05) is 23.2 Å². The molecular formula is C12H14Cl2N4S. The van der Waals surface area contributed by atoms with Crippen LogP contribution in [0, 0.1) is 6.92 Å². The Morgan fingerprint density at radius 2 is 1.95 bits per heavy atom. The van der Waals surface area contributed by atoms with Crippen LogP contribution in [0.2, 0.25) is 10.0 Å². The SMILES string of the molecule is CNc1nc(NC(C)c2ncc(C)s2)c(Cl)cc1Cl. The van der Waals surface area contributed by atoms with Gasteiger partial charge in [-0.25, -0.2) is 9.97 Å². The number of nitrogens with zero attached hydrogens (tertiary/aromatic N) is 2. The lowest BCUT2D eigenvalue weighted by molar-refractivity contribution is 0.861. The monoisotopic (exact) mass is 316 g/mol. The number of anilines is 2. The molecule has 0 amide bonds. The highest BCUT2D eigenvalue weighted by Gasteiger charge is 2.14. The van der Waals surface area contributed by atoms with Gasteiger partial charge in [0.05, 0.1) is 16.1 Å². The molecular weight excluding hydrogens is 303 g/mol. The highest BCUT2D eigenvalue weighted by atomic mass is 35.5. The molecule has 0 aliphatic rings. The Morgan fingerprint density at radius 3 is 2.53 bits per heavy atom. The smallest absolute Gasteiger partial charge is 0.147 e. The molecule has 19 heavy (non-hydrogen) atoms. The van der Waals surface area contributed by atoms with E-state index in [2.05, 4.69) is 20.6 Å². The van der Waals surface area contributed by atoms with Gasteiger partial charge in [0.2, 0.25) is 0 Å². The maximum atomic E-state index is 6.14. The maximum Gasteiger partial charge on any atom is 0.147 e. The van der Waals surface area contributed by atoms with E-state index < -0.39 is 0 Å². The van der Waals surface area contributed by atoms with E-state index in [1.54, 1.807) is 24.5 Å². The molecule has 0 spiro atoms. The van der Waals surface area contributed by atoms with Crippen LogP contribution in [0.5, 0.6) is 0 Å². The highest BCUT2D eigenvalue weighted by Crippen LogP contribution is 2.31.